The minimum absolute atomic E-state index is 0.197. The number of rotatable bonds is 13. The molecular weight excluding hydrogens is 569 g/mol. The molecule has 1 fully saturated rings. The van der Waals surface area contributed by atoms with E-state index < -0.39 is 83.6 Å². The van der Waals surface area contributed by atoms with E-state index in [1.807, 2.05) is 0 Å². The molecule has 0 amide bonds. The van der Waals surface area contributed by atoms with E-state index in [0.29, 0.717) is 12.8 Å². The Bertz CT molecular complexity index is 1070. The molecule has 0 bridgehead atoms. The monoisotopic (exact) mass is 596 g/mol. The molecule has 1 saturated carbocycles. The van der Waals surface area contributed by atoms with Crippen LogP contribution in [0.5, 0.6) is 0 Å². The maximum absolute atomic E-state index is 14.2. The van der Waals surface area contributed by atoms with E-state index in [2.05, 4.69) is 9.47 Å². The first-order chi connectivity index (χ1) is 17.9. The Hall–Kier alpha value is -2.46. The van der Waals surface area contributed by atoms with Crippen molar-refractivity contribution >= 4 is 22.1 Å². The lowest BCUT2D eigenvalue weighted by Gasteiger charge is -2.34. The van der Waals surface area contributed by atoms with Gasteiger partial charge >= 0.3 is 45.2 Å². The topological polar surface area (TPSA) is 116 Å². The maximum atomic E-state index is 14.2. The lowest BCUT2D eigenvalue weighted by atomic mass is 9.89. The van der Waals surface area contributed by atoms with Gasteiger partial charge in [0.1, 0.15) is 6.61 Å². The molecule has 1 aromatic rings. The van der Waals surface area contributed by atoms with E-state index in [0.717, 1.165) is 6.42 Å². The fourth-order valence-corrected chi connectivity index (χ4v) is 4.25. The number of carbonyl (C=O) groups is 2. The van der Waals surface area contributed by atoms with Crippen molar-refractivity contribution < 1.29 is 67.5 Å². The molecule has 222 valence electrons. The van der Waals surface area contributed by atoms with Gasteiger partial charge in [-0.2, -0.15) is 39.2 Å². The van der Waals surface area contributed by atoms with Crippen LogP contribution in [-0.4, -0.2) is 54.7 Å². The summed E-state index contributed by atoms with van der Waals surface area (Å²) in [7, 11) is -6.49. The fourth-order valence-electron chi connectivity index (χ4n) is 3.77. The van der Waals surface area contributed by atoms with E-state index in [1.165, 1.54) is 24.3 Å². The third kappa shape index (κ3) is 8.03. The molecule has 1 atom stereocenters. The van der Waals surface area contributed by atoms with Gasteiger partial charge in [0.15, 0.2) is 0 Å². The highest BCUT2D eigenvalue weighted by Crippen LogP contribution is 2.42. The predicted molar refractivity (Wildman–Crippen MR) is 119 cm³/mol. The van der Waals surface area contributed by atoms with Gasteiger partial charge in [-0.25, -0.2) is 4.79 Å². The van der Waals surface area contributed by atoms with Gasteiger partial charge in [0.05, 0.1) is 12.5 Å². The highest BCUT2D eigenvalue weighted by Gasteiger charge is 2.68. The molecule has 16 heteroatoms. The zero-order chi connectivity index (χ0) is 29.5. The van der Waals surface area contributed by atoms with Gasteiger partial charge in [0.25, 0.3) is 0 Å². The molecule has 1 aromatic carbocycles. The molecule has 0 radical (unpaired) electrons. The van der Waals surface area contributed by atoms with Crippen molar-refractivity contribution in [1.29, 1.82) is 0 Å². The smallest absolute Gasteiger partial charge is 0.456 e. The third-order valence-corrected chi connectivity index (χ3v) is 6.92. The van der Waals surface area contributed by atoms with Crippen molar-refractivity contribution in [3.05, 3.63) is 35.9 Å². The van der Waals surface area contributed by atoms with Crippen LogP contribution in [-0.2, 0) is 40.5 Å². The number of unbranched alkanes of at least 4 members (excludes halogenated alkanes) is 1. The number of esters is 2. The van der Waals surface area contributed by atoms with Crippen LogP contribution in [0.15, 0.2) is 30.3 Å². The summed E-state index contributed by atoms with van der Waals surface area (Å²) in [5.41, 5.74) is 0.280. The van der Waals surface area contributed by atoms with Crippen LogP contribution in [0.3, 0.4) is 0 Å². The second kappa shape index (κ2) is 12.8. The molecule has 1 N–H and O–H groups in total. The number of alkyl halides is 7. The third-order valence-electron chi connectivity index (χ3n) is 5.98. The first-order valence-electron chi connectivity index (χ1n) is 11.8. The number of ether oxygens (including phenoxy) is 3. The molecule has 1 unspecified atom stereocenters. The van der Waals surface area contributed by atoms with Crippen molar-refractivity contribution in [2.45, 2.75) is 81.1 Å². The second-order valence-electron chi connectivity index (χ2n) is 8.93. The highest BCUT2D eigenvalue weighted by molar-refractivity contribution is 7.87. The molecule has 0 spiro atoms. The van der Waals surface area contributed by atoms with E-state index >= 15 is 0 Å². The Kier molecular flexibility index (Phi) is 10.8. The van der Waals surface area contributed by atoms with Gasteiger partial charge in [-0.1, -0.05) is 49.6 Å². The SMILES string of the molecule is O=C(OC(OCCCCC(F)(F)C(F)(F)S(=O)(=O)O)(C(=O)OCc1ccccc1)C(F)(F)F)C1CCCCC1. The summed E-state index contributed by atoms with van der Waals surface area (Å²) in [6, 6.07) is 7.48. The first-order valence-corrected chi connectivity index (χ1v) is 13.3. The molecule has 8 nitrogen and oxygen atoms in total. The largest absolute Gasteiger partial charge is 0.468 e. The van der Waals surface area contributed by atoms with Crippen molar-refractivity contribution in [3.8, 4) is 0 Å². The van der Waals surface area contributed by atoms with Gasteiger partial charge in [-0.15, -0.1) is 0 Å². The maximum Gasteiger partial charge on any atom is 0.468 e. The molecule has 0 aromatic heterocycles. The summed E-state index contributed by atoms with van der Waals surface area (Å²) < 4.78 is 140. The molecule has 0 heterocycles. The van der Waals surface area contributed by atoms with Gasteiger partial charge < -0.3 is 14.2 Å². The zero-order valence-electron chi connectivity index (χ0n) is 20.4. The van der Waals surface area contributed by atoms with E-state index in [-0.39, 0.29) is 18.4 Å². The number of benzene rings is 1. The molecule has 1 aliphatic carbocycles. The summed E-state index contributed by atoms with van der Waals surface area (Å²) in [5.74, 6) is -14.1. The minimum Gasteiger partial charge on any atom is -0.456 e. The minimum atomic E-state index is -6.49. The van der Waals surface area contributed by atoms with Crippen LogP contribution in [0.2, 0.25) is 0 Å². The van der Waals surface area contributed by atoms with Crippen molar-refractivity contribution in [3.63, 3.8) is 0 Å². The number of carbonyl (C=O) groups excluding carboxylic acids is 2. The normalized spacial score (nSPS) is 17.3. The summed E-state index contributed by atoms with van der Waals surface area (Å²) in [4.78, 5) is 25.3. The Morgan fingerprint density at radius 3 is 2.05 bits per heavy atom. The molecule has 1 aliphatic rings. The Morgan fingerprint density at radius 2 is 1.51 bits per heavy atom. The zero-order valence-corrected chi connectivity index (χ0v) is 21.2. The van der Waals surface area contributed by atoms with E-state index in [4.69, 9.17) is 9.29 Å². The lowest BCUT2D eigenvalue weighted by Crippen LogP contribution is -2.59. The van der Waals surface area contributed by atoms with Crippen LogP contribution >= 0.6 is 0 Å². The first kappa shape index (κ1) is 32.8. The Balaban J connectivity index is 2.19. The Labute approximate surface area is 219 Å². The van der Waals surface area contributed by atoms with Crippen molar-refractivity contribution in [2.75, 3.05) is 6.61 Å². The average Bonchev–Trinajstić information content (AvgIpc) is 2.85. The van der Waals surface area contributed by atoms with Crippen molar-refractivity contribution in [2.24, 2.45) is 5.92 Å². The summed E-state index contributed by atoms with van der Waals surface area (Å²) >= 11 is 0. The molecule has 0 saturated heterocycles. The standard InChI is InChI=1S/C23H27F7O8S/c24-20(25,23(29,30)39(33,34)35)13-7-8-14-37-21(22(26,27)28,38-18(31)17-11-5-2-6-12-17)19(32)36-15-16-9-3-1-4-10-16/h1,3-4,9-10,17H,2,5-8,11-15H2,(H,33,34,35). The predicted octanol–water partition coefficient (Wildman–Crippen LogP) is 5.41. The van der Waals surface area contributed by atoms with E-state index in [9.17, 15) is 48.7 Å². The van der Waals surface area contributed by atoms with Gasteiger partial charge in [0.2, 0.25) is 0 Å². The lowest BCUT2D eigenvalue weighted by molar-refractivity contribution is -0.357. The summed E-state index contributed by atoms with van der Waals surface area (Å²) in [6.45, 7) is -1.87. The van der Waals surface area contributed by atoms with Crippen LogP contribution in [0.25, 0.3) is 0 Å². The molecule has 0 aliphatic heterocycles. The van der Waals surface area contributed by atoms with Crippen LogP contribution in [0, 0.1) is 5.92 Å². The van der Waals surface area contributed by atoms with Crippen LogP contribution in [0.1, 0.15) is 56.9 Å². The second-order valence-corrected chi connectivity index (χ2v) is 10.4. The van der Waals surface area contributed by atoms with Gasteiger partial charge in [-0.3, -0.25) is 9.35 Å². The van der Waals surface area contributed by atoms with Gasteiger partial charge in [0, 0.05) is 6.42 Å². The highest BCUT2D eigenvalue weighted by atomic mass is 32.2. The quantitative estimate of drug-likeness (QED) is 0.106. The number of hydrogen-bond donors (Lipinski definition) is 1. The average molecular weight is 597 g/mol. The molecule has 39 heavy (non-hydrogen) atoms. The molecule has 2 rings (SSSR count). The number of halogens is 7. The van der Waals surface area contributed by atoms with E-state index in [1.54, 1.807) is 6.07 Å². The Morgan fingerprint density at radius 1 is 0.923 bits per heavy atom. The summed E-state index contributed by atoms with van der Waals surface area (Å²) in [6.07, 6.45) is -7.24. The summed E-state index contributed by atoms with van der Waals surface area (Å²) in [5, 5.41) is -5.85. The fraction of sp³-hybridized carbons (Fsp3) is 0.652. The van der Waals surface area contributed by atoms with Gasteiger partial charge in [-0.05, 0) is 31.2 Å². The number of hydrogen-bond acceptors (Lipinski definition) is 7. The van der Waals surface area contributed by atoms with Crippen LogP contribution in [0.4, 0.5) is 30.7 Å². The molecular formula is C23H27F7O8S. The van der Waals surface area contributed by atoms with Crippen molar-refractivity contribution in [1.82, 2.24) is 0 Å². The van der Waals surface area contributed by atoms with Crippen LogP contribution < -0.4 is 0 Å².